The lowest BCUT2D eigenvalue weighted by molar-refractivity contribution is 0.0912. The zero-order valence-electron chi connectivity index (χ0n) is 13.3. The van der Waals surface area contributed by atoms with Gasteiger partial charge in [0.05, 0.1) is 13.2 Å². The van der Waals surface area contributed by atoms with Gasteiger partial charge < -0.3 is 15.0 Å². The van der Waals surface area contributed by atoms with E-state index >= 15 is 0 Å². The van der Waals surface area contributed by atoms with Crippen LogP contribution in [0.5, 0.6) is 0 Å². The van der Waals surface area contributed by atoms with Crippen molar-refractivity contribution in [1.29, 1.82) is 0 Å². The molecule has 0 spiro atoms. The van der Waals surface area contributed by atoms with Crippen LogP contribution < -0.4 is 5.32 Å². The zero-order valence-corrected chi connectivity index (χ0v) is 13.3. The summed E-state index contributed by atoms with van der Waals surface area (Å²) in [6, 6.07) is 0.657. The quantitative estimate of drug-likeness (QED) is 0.673. The molecule has 1 rings (SSSR count). The normalized spacial score (nSPS) is 22.1. The maximum atomic E-state index is 5.70. The van der Waals surface area contributed by atoms with Crippen molar-refractivity contribution in [2.24, 2.45) is 5.92 Å². The molecule has 0 radical (unpaired) electrons. The molecule has 1 unspecified atom stereocenters. The average Bonchev–Trinajstić information content (AvgIpc) is 2.53. The van der Waals surface area contributed by atoms with E-state index in [0.717, 1.165) is 38.8 Å². The van der Waals surface area contributed by atoms with Gasteiger partial charge in [-0.2, -0.15) is 0 Å². The summed E-state index contributed by atoms with van der Waals surface area (Å²) in [5.41, 5.74) is 0. The van der Waals surface area contributed by atoms with Crippen molar-refractivity contribution in [3.63, 3.8) is 0 Å². The van der Waals surface area contributed by atoms with Crippen molar-refractivity contribution in [2.75, 3.05) is 60.0 Å². The van der Waals surface area contributed by atoms with E-state index in [9.17, 15) is 0 Å². The molecule has 1 atom stereocenters. The molecule has 0 bridgehead atoms. The number of nitrogens with zero attached hydrogens (tertiary/aromatic N) is 2. The molecule has 0 aromatic carbocycles. The van der Waals surface area contributed by atoms with Crippen LogP contribution in [-0.4, -0.2) is 75.9 Å². The molecule has 19 heavy (non-hydrogen) atoms. The first-order valence-electron chi connectivity index (χ1n) is 7.76. The van der Waals surface area contributed by atoms with E-state index in [1.165, 1.54) is 25.9 Å². The van der Waals surface area contributed by atoms with E-state index in [4.69, 9.17) is 4.74 Å². The van der Waals surface area contributed by atoms with E-state index < -0.39 is 0 Å². The SMILES string of the molecule is CC(C)CC1CN(CCOCCN(C)C)CCCN1. The highest BCUT2D eigenvalue weighted by atomic mass is 16.5. The second-order valence-corrected chi connectivity index (χ2v) is 6.35. The second kappa shape index (κ2) is 9.70. The summed E-state index contributed by atoms with van der Waals surface area (Å²) >= 11 is 0. The maximum absolute atomic E-state index is 5.70. The lowest BCUT2D eigenvalue weighted by Gasteiger charge is -2.25. The number of hydrogen-bond donors (Lipinski definition) is 1. The van der Waals surface area contributed by atoms with Gasteiger partial charge in [-0.25, -0.2) is 0 Å². The van der Waals surface area contributed by atoms with Crippen molar-refractivity contribution < 1.29 is 4.74 Å². The van der Waals surface area contributed by atoms with Gasteiger partial charge >= 0.3 is 0 Å². The molecule has 1 saturated heterocycles. The van der Waals surface area contributed by atoms with Gasteiger partial charge in [-0.05, 0) is 45.9 Å². The fraction of sp³-hybridized carbons (Fsp3) is 1.00. The molecule has 1 N–H and O–H groups in total. The average molecular weight is 271 g/mol. The van der Waals surface area contributed by atoms with Crippen LogP contribution in [0.1, 0.15) is 26.7 Å². The predicted octanol–water partition coefficient (Wildman–Crippen LogP) is 1.27. The Morgan fingerprint density at radius 3 is 2.79 bits per heavy atom. The molecule has 0 amide bonds. The van der Waals surface area contributed by atoms with Crippen LogP contribution in [-0.2, 0) is 4.74 Å². The highest BCUT2D eigenvalue weighted by Crippen LogP contribution is 2.09. The first-order valence-corrected chi connectivity index (χ1v) is 7.76. The number of ether oxygens (including phenoxy) is 1. The summed E-state index contributed by atoms with van der Waals surface area (Å²) in [5.74, 6) is 0.772. The summed E-state index contributed by atoms with van der Waals surface area (Å²) in [7, 11) is 4.17. The summed E-state index contributed by atoms with van der Waals surface area (Å²) in [5, 5.41) is 3.67. The molecule has 0 saturated carbocycles. The second-order valence-electron chi connectivity index (χ2n) is 6.35. The third-order valence-electron chi connectivity index (χ3n) is 3.55. The van der Waals surface area contributed by atoms with Crippen LogP contribution in [0.25, 0.3) is 0 Å². The van der Waals surface area contributed by atoms with Gasteiger partial charge in [-0.3, -0.25) is 4.90 Å². The highest BCUT2D eigenvalue weighted by Gasteiger charge is 2.18. The van der Waals surface area contributed by atoms with Crippen LogP contribution in [0.15, 0.2) is 0 Å². The van der Waals surface area contributed by atoms with E-state index in [0.29, 0.717) is 6.04 Å². The van der Waals surface area contributed by atoms with Crippen molar-refractivity contribution in [3.8, 4) is 0 Å². The molecule has 0 aromatic heterocycles. The van der Waals surface area contributed by atoms with Crippen molar-refractivity contribution in [1.82, 2.24) is 15.1 Å². The number of nitrogens with one attached hydrogen (secondary N) is 1. The fourth-order valence-corrected chi connectivity index (χ4v) is 2.55. The van der Waals surface area contributed by atoms with Gasteiger partial charge in [-0.15, -0.1) is 0 Å². The Balaban J connectivity index is 2.16. The molecule has 0 aliphatic carbocycles. The Labute approximate surface area is 119 Å². The first-order chi connectivity index (χ1) is 9.08. The van der Waals surface area contributed by atoms with Crippen LogP contribution in [0.2, 0.25) is 0 Å². The largest absolute Gasteiger partial charge is 0.379 e. The van der Waals surface area contributed by atoms with Crippen molar-refractivity contribution >= 4 is 0 Å². The molecule has 1 heterocycles. The van der Waals surface area contributed by atoms with E-state index in [2.05, 4.69) is 43.1 Å². The fourth-order valence-electron chi connectivity index (χ4n) is 2.55. The van der Waals surface area contributed by atoms with Gasteiger partial charge in [0.1, 0.15) is 0 Å². The summed E-state index contributed by atoms with van der Waals surface area (Å²) in [6.07, 6.45) is 2.53. The van der Waals surface area contributed by atoms with Crippen molar-refractivity contribution in [2.45, 2.75) is 32.7 Å². The van der Waals surface area contributed by atoms with Crippen molar-refractivity contribution in [3.05, 3.63) is 0 Å². The van der Waals surface area contributed by atoms with Crippen LogP contribution in [0, 0.1) is 5.92 Å². The monoisotopic (exact) mass is 271 g/mol. The van der Waals surface area contributed by atoms with Gasteiger partial charge in [-0.1, -0.05) is 13.8 Å². The molecule has 1 fully saturated rings. The van der Waals surface area contributed by atoms with Gasteiger partial charge in [0.25, 0.3) is 0 Å². The van der Waals surface area contributed by atoms with E-state index in [1.807, 2.05) is 0 Å². The number of hydrogen-bond acceptors (Lipinski definition) is 4. The Bertz CT molecular complexity index is 221. The summed E-state index contributed by atoms with van der Waals surface area (Å²) in [6.45, 7) is 11.9. The van der Waals surface area contributed by atoms with E-state index in [-0.39, 0.29) is 0 Å². The minimum Gasteiger partial charge on any atom is -0.379 e. The lowest BCUT2D eigenvalue weighted by Crippen LogP contribution is -2.39. The highest BCUT2D eigenvalue weighted by molar-refractivity contribution is 4.77. The molecule has 4 heteroatoms. The Morgan fingerprint density at radius 1 is 1.32 bits per heavy atom. The summed E-state index contributed by atoms with van der Waals surface area (Å²) in [4.78, 5) is 4.72. The predicted molar refractivity (Wildman–Crippen MR) is 81.7 cm³/mol. The molecular weight excluding hydrogens is 238 g/mol. The van der Waals surface area contributed by atoms with Crippen LogP contribution in [0.4, 0.5) is 0 Å². The van der Waals surface area contributed by atoms with E-state index in [1.54, 1.807) is 0 Å². The summed E-state index contributed by atoms with van der Waals surface area (Å²) < 4.78 is 5.70. The number of rotatable bonds is 8. The van der Waals surface area contributed by atoms with Gasteiger partial charge in [0, 0.05) is 25.7 Å². The van der Waals surface area contributed by atoms with Crippen LogP contribution in [0.3, 0.4) is 0 Å². The molecule has 114 valence electrons. The first kappa shape index (κ1) is 16.9. The lowest BCUT2D eigenvalue weighted by atomic mass is 10.0. The van der Waals surface area contributed by atoms with Crippen LogP contribution >= 0.6 is 0 Å². The molecule has 1 aliphatic heterocycles. The molecule has 0 aromatic rings. The minimum atomic E-state index is 0.657. The Kier molecular flexibility index (Phi) is 8.62. The van der Waals surface area contributed by atoms with Gasteiger partial charge in [0.2, 0.25) is 0 Å². The molecule has 1 aliphatic rings. The standard InChI is InChI=1S/C15H33N3O/c1-14(2)12-15-13-18(7-5-6-16-15)9-11-19-10-8-17(3)4/h14-16H,5-13H2,1-4H3. The Morgan fingerprint density at radius 2 is 2.11 bits per heavy atom. The molecule has 4 nitrogen and oxygen atoms in total. The van der Waals surface area contributed by atoms with Gasteiger partial charge in [0.15, 0.2) is 0 Å². The third-order valence-corrected chi connectivity index (χ3v) is 3.55. The molecular formula is C15H33N3O. The zero-order chi connectivity index (χ0) is 14.1. The number of likely N-dealkylation sites (N-methyl/N-ethyl adjacent to an activating group) is 1. The minimum absolute atomic E-state index is 0.657. The topological polar surface area (TPSA) is 27.7 Å². The third kappa shape index (κ3) is 8.58. The Hall–Kier alpha value is -0.160. The maximum Gasteiger partial charge on any atom is 0.0594 e. The smallest absolute Gasteiger partial charge is 0.0594 e.